The Bertz CT molecular complexity index is 81.3. The molecule has 1 aliphatic rings. The summed E-state index contributed by atoms with van der Waals surface area (Å²) in [5.74, 6) is 1.31. The van der Waals surface area contributed by atoms with Gasteiger partial charge in [0.05, 0.1) is 0 Å². The van der Waals surface area contributed by atoms with Crippen molar-refractivity contribution in [3.05, 3.63) is 0 Å². The number of nitrogens with one attached hydrogen (secondary N) is 1. The number of hydrogen-bond donors (Lipinski definition) is 1. The molecule has 1 fully saturated rings. The lowest BCUT2D eigenvalue weighted by molar-refractivity contribution is 0.341. The third-order valence-corrected chi connectivity index (χ3v) is 2.76. The van der Waals surface area contributed by atoms with Crippen molar-refractivity contribution in [2.24, 2.45) is 0 Å². The lowest BCUT2D eigenvalue weighted by atomic mass is 9.93. The first-order valence-electron chi connectivity index (χ1n) is 4.16. The lowest BCUT2D eigenvalue weighted by Gasteiger charge is -2.26. The third kappa shape index (κ3) is 2.93. The molecule has 2 heteroatoms. The maximum Gasteiger partial charge on any atom is 0.00670 e. The van der Waals surface area contributed by atoms with E-state index in [2.05, 4.69) is 11.6 Å². The summed E-state index contributed by atoms with van der Waals surface area (Å²) in [4.78, 5) is 0. The molecule has 1 saturated carbocycles. The van der Waals surface area contributed by atoms with Crippen molar-refractivity contribution >= 4 is 11.8 Å². The molecular weight excluding hydrogens is 142 g/mol. The number of hydrogen-bond acceptors (Lipinski definition) is 2. The van der Waals surface area contributed by atoms with E-state index in [0.29, 0.717) is 0 Å². The Kier molecular flexibility index (Phi) is 4.23. The van der Waals surface area contributed by atoms with Gasteiger partial charge in [-0.25, -0.2) is 0 Å². The Morgan fingerprint density at radius 2 is 2.30 bits per heavy atom. The standard InChI is InChI=1S/C8H17NS/c1-10-7-3-6-9-8-4-2-5-8/h8-9H,2-7H2,1H3. The fraction of sp³-hybridized carbons (Fsp3) is 1.00. The van der Waals surface area contributed by atoms with Gasteiger partial charge in [-0.2, -0.15) is 11.8 Å². The molecule has 0 bridgehead atoms. The van der Waals surface area contributed by atoms with Gasteiger partial charge < -0.3 is 5.32 Å². The van der Waals surface area contributed by atoms with E-state index in [1.54, 1.807) is 0 Å². The summed E-state index contributed by atoms with van der Waals surface area (Å²) >= 11 is 1.94. The zero-order valence-corrected chi connectivity index (χ0v) is 7.54. The summed E-state index contributed by atoms with van der Waals surface area (Å²) in [6.07, 6.45) is 7.78. The Hall–Kier alpha value is 0.310. The van der Waals surface area contributed by atoms with Gasteiger partial charge >= 0.3 is 0 Å². The van der Waals surface area contributed by atoms with E-state index >= 15 is 0 Å². The Morgan fingerprint density at radius 1 is 1.50 bits per heavy atom. The summed E-state index contributed by atoms with van der Waals surface area (Å²) < 4.78 is 0. The van der Waals surface area contributed by atoms with Gasteiger partial charge in [-0.05, 0) is 37.8 Å². The van der Waals surface area contributed by atoms with Crippen LogP contribution in [-0.4, -0.2) is 24.6 Å². The van der Waals surface area contributed by atoms with Gasteiger partial charge in [-0.15, -0.1) is 0 Å². The summed E-state index contributed by atoms with van der Waals surface area (Å²) in [5, 5.41) is 3.54. The molecule has 1 N–H and O–H groups in total. The third-order valence-electron chi connectivity index (χ3n) is 2.06. The quantitative estimate of drug-likeness (QED) is 0.615. The van der Waals surface area contributed by atoms with Crippen LogP contribution in [0.2, 0.25) is 0 Å². The first kappa shape index (κ1) is 8.41. The summed E-state index contributed by atoms with van der Waals surface area (Å²) in [5.41, 5.74) is 0. The Morgan fingerprint density at radius 3 is 2.80 bits per heavy atom. The predicted octanol–water partition coefficient (Wildman–Crippen LogP) is 1.88. The van der Waals surface area contributed by atoms with E-state index in [9.17, 15) is 0 Å². The normalized spacial score (nSPS) is 18.9. The summed E-state index contributed by atoms with van der Waals surface area (Å²) in [7, 11) is 0. The molecule has 0 unspecified atom stereocenters. The van der Waals surface area contributed by atoms with E-state index in [0.717, 1.165) is 6.04 Å². The number of rotatable bonds is 5. The molecule has 1 aliphatic carbocycles. The van der Waals surface area contributed by atoms with Crippen molar-refractivity contribution in [2.45, 2.75) is 31.7 Å². The Balaban J connectivity index is 1.76. The fourth-order valence-electron chi connectivity index (χ4n) is 1.14. The van der Waals surface area contributed by atoms with Crippen LogP contribution in [0.3, 0.4) is 0 Å². The fourth-order valence-corrected chi connectivity index (χ4v) is 1.57. The molecule has 1 nitrogen and oxygen atoms in total. The van der Waals surface area contributed by atoms with Crippen LogP contribution in [0.25, 0.3) is 0 Å². The van der Waals surface area contributed by atoms with E-state index in [1.807, 2.05) is 11.8 Å². The van der Waals surface area contributed by atoms with Crippen LogP contribution in [0, 0.1) is 0 Å². The van der Waals surface area contributed by atoms with Gasteiger partial charge in [0.2, 0.25) is 0 Å². The predicted molar refractivity (Wildman–Crippen MR) is 48.6 cm³/mol. The second-order valence-electron chi connectivity index (χ2n) is 2.93. The molecule has 0 radical (unpaired) electrons. The molecule has 0 amide bonds. The van der Waals surface area contributed by atoms with Crippen LogP contribution < -0.4 is 5.32 Å². The van der Waals surface area contributed by atoms with E-state index in [4.69, 9.17) is 0 Å². The molecular formula is C8H17NS. The zero-order chi connectivity index (χ0) is 7.23. The first-order chi connectivity index (χ1) is 4.93. The summed E-state index contributed by atoms with van der Waals surface area (Å²) in [6.45, 7) is 1.23. The minimum Gasteiger partial charge on any atom is -0.314 e. The highest BCUT2D eigenvalue weighted by atomic mass is 32.2. The molecule has 0 spiro atoms. The van der Waals surface area contributed by atoms with E-state index in [1.165, 1.54) is 38.0 Å². The highest BCUT2D eigenvalue weighted by molar-refractivity contribution is 7.98. The van der Waals surface area contributed by atoms with Crippen molar-refractivity contribution in [3.8, 4) is 0 Å². The van der Waals surface area contributed by atoms with E-state index in [-0.39, 0.29) is 0 Å². The molecule has 0 atom stereocenters. The monoisotopic (exact) mass is 159 g/mol. The SMILES string of the molecule is CSCCCNC1CCC1. The molecule has 10 heavy (non-hydrogen) atoms. The number of thioether (sulfide) groups is 1. The smallest absolute Gasteiger partial charge is 0.00670 e. The molecule has 0 aromatic carbocycles. The van der Waals surface area contributed by atoms with Crippen molar-refractivity contribution in [2.75, 3.05) is 18.6 Å². The highest BCUT2D eigenvalue weighted by Crippen LogP contribution is 2.17. The average molecular weight is 159 g/mol. The highest BCUT2D eigenvalue weighted by Gasteiger charge is 2.15. The first-order valence-corrected chi connectivity index (χ1v) is 5.55. The van der Waals surface area contributed by atoms with Crippen molar-refractivity contribution < 1.29 is 0 Å². The molecule has 0 heterocycles. The van der Waals surface area contributed by atoms with Gasteiger partial charge in [0.15, 0.2) is 0 Å². The molecule has 0 saturated heterocycles. The van der Waals surface area contributed by atoms with Crippen molar-refractivity contribution in [3.63, 3.8) is 0 Å². The minimum absolute atomic E-state index is 0.877. The maximum absolute atomic E-state index is 3.54. The largest absolute Gasteiger partial charge is 0.314 e. The van der Waals surface area contributed by atoms with Crippen molar-refractivity contribution in [1.29, 1.82) is 0 Å². The van der Waals surface area contributed by atoms with Gasteiger partial charge in [-0.1, -0.05) is 6.42 Å². The molecule has 1 rings (SSSR count). The second-order valence-corrected chi connectivity index (χ2v) is 3.91. The zero-order valence-electron chi connectivity index (χ0n) is 6.73. The maximum atomic E-state index is 3.54. The van der Waals surface area contributed by atoms with Crippen LogP contribution in [0.5, 0.6) is 0 Å². The average Bonchev–Trinajstić information content (AvgIpc) is 1.84. The molecule has 0 aliphatic heterocycles. The second kappa shape index (κ2) is 5.03. The van der Waals surface area contributed by atoms with Crippen molar-refractivity contribution in [1.82, 2.24) is 5.32 Å². The van der Waals surface area contributed by atoms with Gasteiger partial charge in [0, 0.05) is 6.04 Å². The molecule has 0 aromatic heterocycles. The van der Waals surface area contributed by atoms with Crippen LogP contribution in [-0.2, 0) is 0 Å². The Labute approximate surface area is 68.0 Å². The topological polar surface area (TPSA) is 12.0 Å². The lowest BCUT2D eigenvalue weighted by Crippen LogP contribution is -2.35. The summed E-state index contributed by atoms with van der Waals surface area (Å²) in [6, 6.07) is 0.877. The minimum atomic E-state index is 0.877. The van der Waals surface area contributed by atoms with Crippen LogP contribution >= 0.6 is 11.8 Å². The van der Waals surface area contributed by atoms with Crippen LogP contribution in [0.15, 0.2) is 0 Å². The molecule has 0 aromatic rings. The van der Waals surface area contributed by atoms with Gasteiger partial charge in [0.1, 0.15) is 0 Å². The van der Waals surface area contributed by atoms with E-state index < -0.39 is 0 Å². The molecule has 60 valence electrons. The van der Waals surface area contributed by atoms with Gasteiger partial charge in [-0.3, -0.25) is 0 Å². The van der Waals surface area contributed by atoms with Gasteiger partial charge in [0.25, 0.3) is 0 Å². The van der Waals surface area contributed by atoms with Crippen LogP contribution in [0.4, 0.5) is 0 Å². The van der Waals surface area contributed by atoms with Crippen LogP contribution in [0.1, 0.15) is 25.7 Å².